The second kappa shape index (κ2) is 5.68. The van der Waals surface area contributed by atoms with Gasteiger partial charge in [0.05, 0.1) is 34.8 Å². The Morgan fingerprint density at radius 2 is 2.15 bits per heavy atom. The zero-order valence-electron chi connectivity index (χ0n) is 10.6. The minimum Gasteiger partial charge on any atom is -0.495 e. The van der Waals surface area contributed by atoms with Crippen LogP contribution in [0.1, 0.15) is 5.56 Å². The van der Waals surface area contributed by atoms with Crippen LogP contribution in [-0.2, 0) is 0 Å². The van der Waals surface area contributed by atoms with Gasteiger partial charge in [-0.3, -0.25) is 0 Å². The number of anilines is 3. The third-order valence-corrected chi connectivity index (χ3v) is 3.01. The highest BCUT2D eigenvalue weighted by Crippen LogP contribution is 2.34. The van der Waals surface area contributed by atoms with Gasteiger partial charge >= 0.3 is 0 Å². The first-order valence-corrected chi connectivity index (χ1v) is 6.03. The summed E-state index contributed by atoms with van der Waals surface area (Å²) >= 11 is 5.73. The second-order valence-electron chi connectivity index (χ2n) is 3.97. The van der Waals surface area contributed by atoms with Gasteiger partial charge in [-0.1, -0.05) is 17.7 Å². The van der Waals surface area contributed by atoms with Crippen molar-refractivity contribution in [3.8, 4) is 11.8 Å². The first kappa shape index (κ1) is 14.0. The van der Waals surface area contributed by atoms with E-state index in [9.17, 15) is 4.39 Å². The molecule has 0 aliphatic heterocycles. The number of nitrogens with two attached hydrogens (primary N) is 1. The van der Waals surface area contributed by atoms with E-state index in [0.29, 0.717) is 22.7 Å². The maximum Gasteiger partial charge on any atom is 0.143 e. The van der Waals surface area contributed by atoms with E-state index in [1.165, 1.54) is 13.2 Å². The van der Waals surface area contributed by atoms with Gasteiger partial charge in [0.2, 0.25) is 0 Å². The number of nitrogens with one attached hydrogen (secondary N) is 1. The quantitative estimate of drug-likeness (QED) is 0.846. The Kier molecular flexibility index (Phi) is 3.97. The van der Waals surface area contributed by atoms with Crippen molar-refractivity contribution < 1.29 is 9.13 Å². The normalized spacial score (nSPS) is 9.90. The number of hydrogen-bond donors (Lipinski definition) is 2. The molecule has 0 radical (unpaired) electrons. The van der Waals surface area contributed by atoms with Gasteiger partial charge < -0.3 is 15.8 Å². The van der Waals surface area contributed by atoms with Gasteiger partial charge in [0.1, 0.15) is 17.6 Å². The molecular formula is C14H11ClFN3O. The fraction of sp³-hybridized carbons (Fsp3) is 0.0714. The Hall–Kier alpha value is -2.45. The summed E-state index contributed by atoms with van der Waals surface area (Å²) in [5.74, 6) is -0.126. The number of halogens is 2. The van der Waals surface area contributed by atoms with Crippen LogP contribution in [0.3, 0.4) is 0 Å². The molecule has 102 valence electrons. The number of ether oxygens (including phenoxy) is 1. The Bertz CT molecular complexity index is 698. The predicted molar refractivity (Wildman–Crippen MR) is 76.8 cm³/mol. The summed E-state index contributed by atoms with van der Waals surface area (Å²) in [6.07, 6.45) is 0. The van der Waals surface area contributed by atoms with Gasteiger partial charge in [-0.25, -0.2) is 4.39 Å². The molecule has 2 aromatic rings. The van der Waals surface area contributed by atoms with Crippen molar-refractivity contribution in [3.05, 3.63) is 46.7 Å². The second-order valence-corrected chi connectivity index (χ2v) is 4.38. The third-order valence-electron chi connectivity index (χ3n) is 2.72. The highest BCUT2D eigenvalue weighted by molar-refractivity contribution is 6.31. The van der Waals surface area contributed by atoms with Gasteiger partial charge in [0.25, 0.3) is 0 Å². The molecule has 0 fully saturated rings. The van der Waals surface area contributed by atoms with Crippen LogP contribution in [0.5, 0.6) is 5.75 Å². The van der Waals surface area contributed by atoms with E-state index in [0.717, 1.165) is 6.07 Å². The first-order valence-electron chi connectivity index (χ1n) is 5.65. The van der Waals surface area contributed by atoms with Gasteiger partial charge in [0.15, 0.2) is 0 Å². The number of para-hydroxylation sites is 1. The smallest absolute Gasteiger partial charge is 0.143 e. The minimum absolute atomic E-state index is 0.0601. The summed E-state index contributed by atoms with van der Waals surface area (Å²) in [6.45, 7) is 0. The summed E-state index contributed by atoms with van der Waals surface area (Å²) in [5, 5.41) is 12.0. The molecule has 3 N–H and O–H groups in total. The SMILES string of the molecule is COc1cccc(C#N)c1Nc1cc(Cl)c(F)cc1N. The Morgan fingerprint density at radius 3 is 2.80 bits per heavy atom. The van der Waals surface area contributed by atoms with E-state index in [1.807, 2.05) is 6.07 Å². The lowest BCUT2D eigenvalue weighted by Gasteiger charge is -2.14. The first-order chi connectivity index (χ1) is 9.56. The summed E-state index contributed by atoms with van der Waals surface area (Å²) < 4.78 is 18.5. The zero-order valence-corrected chi connectivity index (χ0v) is 11.3. The van der Waals surface area contributed by atoms with Crippen molar-refractivity contribution in [1.29, 1.82) is 5.26 Å². The topological polar surface area (TPSA) is 71.1 Å². The highest BCUT2D eigenvalue weighted by Gasteiger charge is 2.12. The van der Waals surface area contributed by atoms with E-state index >= 15 is 0 Å². The molecule has 4 nitrogen and oxygen atoms in total. The molecule has 2 rings (SSSR count). The largest absolute Gasteiger partial charge is 0.495 e. The maximum absolute atomic E-state index is 13.3. The maximum atomic E-state index is 13.3. The van der Waals surface area contributed by atoms with E-state index in [2.05, 4.69) is 5.32 Å². The van der Waals surface area contributed by atoms with Crippen molar-refractivity contribution in [3.63, 3.8) is 0 Å². The molecule has 0 amide bonds. The van der Waals surface area contributed by atoms with Crippen molar-refractivity contribution in [2.24, 2.45) is 0 Å². The predicted octanol–water partition coefficient (Wildman–Crippen LogP) is 3.69. The Balaban J connectivity index is 2.50. The van der Waals surface area contributed by atoms with Crippen molar-refractivity contribution in [2.75, 3.05) is 18.2 Å². The number of hydrogen-bond acceptors (Lipinski definition) is 4. The summed E-state index contributed by atoms with van der Waals surface area (Å²) in [4.78, 5) is 0. The molecule has 0 saturated heterocycles. The highest BCUT2D eigenvalue weighted by atomic mass is 35.5. The number of nitrogen functional groups attached to an aromatic ring is 1. The van der Waals surface area contributed by atoms with Crippen molar-refractivity contribution >= 4 is 28.7 Å². The molecule has 0 atom stereocenters. The van der Waals surface area contributed by atoms with Gasteiger partial charge in [-0.15, -0.1) is 0 Å². The monoisotopic (exact) mass is 291 g/mol. The van der Waals surface area contributed by atoms with Gasteiger partial charge in [0, 0.05) is 6.07 Å². The van der Waals surface area contributed by atoms with Crippen LogP contribution >= 0.6 is 11.6 Å². The van der Waals surface area contributed by atoms with Crippen LogP contribution < -0.4 is 15.8 Å². The van der Waals surface area contributed by atoms with E-state index in [-0.39, 0.29) is 10.7 Å². The standard InChI is InChI=1S/C14H11ClFN3O/c1-20-13-4-2-3-8(7-17)14(13)19-12-5-9(15)10(16)6-11(12)18/h2-6,19H,18H2,1H3. The average molecular weight is 292 g/mol. The Labute approximate surface area is 120 Å². The number of benzene rings is 2. The third kappa shape index (κ3) is 2.60. The molecule has 20 heavy (non-hydrogen) atoms. The van der Waals surface area contributed by atoms with E-state index in [4.69, 9.17) is 27.3 Å². The van der Waals surface area contributed by atoms with E-state index < -0.39 is 5.82 Å². The number of nitriles is 1. The van der Waals surface area contributed by atoms with Crippen LogP contribution in [0.25, 0.3) is 0 Å². The molecule has 6 heteroatoms. The lowest BCUT2D eigenvalue weighted by molar-refractivity contribution is 0.416. The molecule has 0 bridgehead atoms. The van der Waals surface area contributed by atoms with Gasteiger partial charge in [-0.2, -0.15) is 5.26 Å². The molecule has 0 aliphatic rings. The molecular weight excluding hydrogens is 281 g/mol. The Morgan fingerprint density at radius 1 is 1.40 bits per heavy atom. The van der Waals surface area contributed by atoms with Gasteiger partial charge in [-0.05, 0) is 18.2 Å². The molecule has 0 saturated carbocycles. The minimum atomic E-state index is -0.602. The van der Waals surface area contributed by atoms with Crippen LogP contribution in [0.4, 0.5) is 21.5 Å². The zero-order chi connectivity index (χ0) is 14.7. The summed E-state index contributed by atoms with van der Waals surface area (Å²) in [7, 11) is 1.49. The van der Waals surface area contributed by atoms with Crippen LogP contribution in [0.2, 0.25) is 5.02 Å². The molecule has 0 aromatic heterocycles. The number of methoxy groups -OCH3 is 1. The fourth-order valence-corrected chi connectivity index (χ4v) is 1.89. The lowest BCUT2D eigenvalue weighted by Crippen LogP contribution is -2.01. The average Bonchev–Trinajstić information content (AvgIpc) is 2.44. The number of nitrogens with zero attached hydrogens (tertiary/aromatic N) is 1. The van der Waals surface area contributed by atoms with Crippen molar-refractivity contribution in [2.45, 2.75) is 0 Å². The molecule has 2 aromatic carbocycles. The molecule has 0 spiro atoms. The summed E-state index contributed by atoms with van der Waals surface area (Å²) in [5.41, 5.74) is 7.15. The van der Waals surface area contributed by atoms with Crippen LogP contribution in [-0.4, -0.2) is 7.11 Å². The molecule has 0 heterocycles. The number of rotatable bonds is 3. The van der Waals surface area contributed by atoms with Crippen molar-refractivity contribution in [1.82, 2.24) is 0 Å². The van der Waals surface area contributed by atoms with Crippen LogP contribution in [0.15, 0.2) is 30.3 Å². The van der Waals surface area contributed by atoms with E-state index in [1.54, 1.807) is 18.2 Å². The summed E-state index contributed by atoms with van der Waals surface area (Å²) in [6, 6.07) is 9.55. The molecule has 0 unspecified atom stereocenters. The molecule has 0 aliphatic carbocycles. The lowest BCUT2D eigenvalue weighted by atomic mass is 10.1. The van der Waals surface area contributed by atoms with Crippen LogP contribution in [0, 0.1) is 17.1 Å². The fourth-order valence-electron chi connectivity index (χ4n) is 1.73.